The van der Waals surface area contributed by atoms with Gasteiger partial charge in [-0.25, -0.2) is 0 Å². The van der Waals surface area contributed by atoms with E-state index in [0.29, 0.717) is 0 Å². The molecule has 0 aromatic carbocycles. The van der Waals surface area contributed by atoms with E-state index in [0.717, 1.165) is 19.6 Å². The molecular weight excluding hydrogens is 236 g/mol. The highest BCUT2D eigenvalue weighted by molar-refractivity contribution is 4.88. The molecule has 2 saturated heterocycles. The van der Waals surface area contributed by atoms with Gasteiger partial charge in [0.05, 0.1) is 0 Å². The first-order chi connectivity index (χ1) is 9.34. The quantitative estimate of drug-likeness (QED) is 0.534. The van der Waals surface area contributed by atoms with E-state index in [-0.39, 0.29) is 0 Å². The molecule has 2 aliphatic rings. The van der Waals surface area contributed by atoms with E-state index in [2.05, 4.69) is 39.2 Å². The van der Waals surface area contributed by atoms with E-state index in [1.54, 1.807) is 0 Å². The van der Waals surface area contributed by atoms with Gasteiger partial charge in [0.1, 0.15) is 0 Å². The molecule has 0 aromatic rings. The van der Waals surface area contributed by atoms with Crippen LogP contribution in [0.1, 0.15) is 12.8 Å². The van der Waals surface area contributed by atoms with Gasteiger partial charge in [-0.1, -0.05) is 12.2 Å². The first kappa shape index (κ1) is 15.0. The molecule has 0 spiro atoms. The number of hydrogen-bond donors (Lipinski definition) is 1. The van der Waals surface area contributed by atoms with Crippen molar-refractivity contribution in [1.29, 1.82) is 0 Å². The lowest BCUT2D eigenvalue weighted by molar-refractivity contribution is 0.166. The number of nitrogens with one attached hydrogen (secondary N) is 1. The van der Waals surface area contributed by atoms with E-state index >= 15 is 0 Å². The van der Waals surface area contributed by atoms with E-state index in [1.165, 1.54) is 58.7 Å². The molecule has 110 valence electrons. The highest BCUT2D eigenvalue weighted by Crippen LogP contribution is 2.05. The molecule has 0 unspecified atom stereocenters. The second-order valence-electron chi connectivity index (χ2n) is 5.83. The molecule has 0 bridgehead atoms. The van der Waals surface area contributed by atoms with Gasteiger partial charge >= 0.3 is 0 Å². The van der Waals surface area contributed by atoms with Crippen LogP contribution in [0.4, 0.5) is 0 Å². The molecule has 0 radical (unpaired) electrons. The monoisotopic (exact) mass is 266 g/mol. The van der Waals surface area contributed by atoms with Crippen molar-refractivity contribution in [3.63, 3.8) is 0 Å². The highest BCUT2D eigenvalue weighted by atomic mass is 15.2. The summed E-state index contributed by atoms with van der Waals surface area (Å²) in [5.74, 6) is 0. The van der Waals surface area contributed by atoms with Crippen molar-refractivity contribution in [2.75, 3.05) is 72.5 Å². The second-order valence-corrected chi connectivity index (χ2v) is 5.83. The Hall–Kier alpha value is -0.420. The fourth-order valence-electron chi connectivity index (χ4n) is 2.77. The third-order valence-electron chi connectivity index (χ3n) is 4.19. The SMILES string of the molecule is CN1CCN(C/C=C/CNCCN2CCCC2)CC1. The van der Waals surface area contributed by atoms with Crippen molar-refractivity contribution in [2.24, 2.45) is 0 Å². The van der Waals surface area contributed by atoms with Crippen molar-refractivity contribution in [3.05, 3.63) is 12.2 Å². The van der Waals surface area contributed by atoms with Crippen molar-refractivity contribution < 1.29 is 0 Å². The maximum absolute atomic E-state index is 3.50. The second kappa shape index (κ2) is 8.69. The predicted molar refractivity (Wildman–Crippen MR) is 81.6 cm³/mol. The van der Waals surface area contributed by atoms with Gasteiger partial charge in [-0.05, 0) is 33.0 Å². The van der Waals surface area contributed by atoms with Gasteiger partial charge in [-0.3, -0.25) is 4.90 Å². The number of nitrogens with zero attached hydrogens (tertiary/aromatic N) is 3. The van der Waals surface area contributed by atoms with Gasteiger partial charge in [0, 0.05) is 52.4 Å². The van der Waals surface area contributed by atoms with Crippen LogP contribution < -0.4 is 5.32 Å². The zero-order chi connectivity index (χ0) is 13.3. The third-order valence-corrected chi connectivity index (χ3v) is 4.19. The molecule has 0 amide bonds. The van der Waals surface area contributed by atoms with Crippen LogP contribution >= 0.6 is 0 Å². The molecule has 2 fully saturated rings. The number of likely N-dealkylation sites (tertiary alicyclic amines) is 1. The Morgan fingerprint density at radius 1 is 0.895 bits per heavy atom. The number of hydrogen-bond acceptors (Lipinski definition) is 4. The van der Waals surface area contributed by atoms with Crippen LogP contribution in [0.15, 0.2) is 12.2 Å². The van der Waals surface area contributed by atoms with Gasteiger partial charge < -0.3 is 15.1 Å². The summed E-state index contributed by atoms with van der Waals surface area (Å²) in [6, 6.07) is 0. The van der Waals surface area contributed by atoms with Crippen molar-refractivity contribution in [1.82, 2.24) is 20.0 Å². The summed E-state index contributed by atoms with van der Waals surface area (Å²) < 4.78 is 0. The zero-order valence-electron chi connectivity index (χ0n) is 12.5. The average molecular weight is 266 g/mol. The minimum absolute atomic E-state index is 1.02. The number of rotatable bonds is 7. The summed E-state index contributed by atoms with van der Waals surface area (Å²) in [7, 11) is 2.21. The normalized spacial score (nSPS) is 23.6. The van der Waals surface area contributed by atoms with Crippen LogP contribution in [-0.2, 0) is 0 Å². The molecule has 19 heavy (non-hydrogen) atoms. The first-order valence-corrected chi connectivity index (χ1v) is 7.83. The fraction of sp³-hybridized carbons (Fsp3) is 0.867. The maximum atomic E-state index is 3.50. The van der Waals surface area contributed by atoms with Gasteiger partial charge in [0.15, 0.2) is 0 Å². The first-order valence-electron chi connectivity index (χ1n) is 7.83. The molecule has 0 atom stereocenters. The molecule has 4 heteroatoms. The minimum atomic E-state index is 1.02. The molecule has 0 aliphatic carbocycles. The Morgan fingerprint density at radius 2 is 1.63 bits per heavy atom. The van der Waals surface area contributed by atoms with Crippen LogP contribution in [-0.4, -0.2) is 87.2 Å². The van der Waals surface area contributed by atoms with Crippen molar-refractivity contribution >= 4 is 0 Å². The van der Waals surface area contributed by atoms with Crippen LogP contribution in [0, 0.1) is 0 Å². The predicted octanol–water partition coefficient (Wildman–Crippen LogP) is 0.475. The summed E-state index contributed by atoms with van der Waals surface area (Å²) in [6.07, 6.45) is 7.38. The number of piperazine rings is 1. The molecular formula is C15H30N4. The summed E-state index contributed by atoms with van der Waals surface area (Å²) >= 11 is 0. The van der Waals surface area contributed by atoms with E-state index < -0.39 is 0 Å². The molecule has 0 aromatic heterocycles. The standard InChI is InChI=1S/C15H30N4/c1-17-12-14-19(15-13-17)8-3-2-6-16-7-11-18-9-4-5-10-18/h2-3,16H,4-15H2,1H3/b3-2+. The lowest BCUT2D eigenvalue weighted by atomic mass is 10.3. The Balaban J connectivity index is 1.43. The molecule has 2 aliphatic heterocycles. The van der Waals surface area contributed by atoms with Crippen LogP contribution in [0.3, 0.4) is 0 Å². The van der Waals surface area contributed by atoms with E-state index in [1.807, 2.05) is 0 Å². The smallest absolute Gasteiger partial charge is 0.0164 e. The van der Waals surface area contributed by atoms with E-state index in [4.69, 9.17) is 0 Å². The largest absolute Gasteiger partial charge is 0.312 e. The maximum Gasteiger partial charge on any atom is 0.0164 e. The summed E-state index contributed by atoms with van der Waals surface area (Å²) in [4.78, 5) is 7.49. The lowest BCUT2D eigenvalue weighted by Gasteiger charge is -2.31. The molecule has 1 N–H and O–H groups in total. The van der Waals surface area contributed by atoms with Crippen molar-refractivity contribution in [3.8, 4) is 0 Å². The van der Waals surface area contributed by atoms with Gasteiger partial charge in [0.25, 0.3) is 0 Å². The van der Waals surface area contributed by atoms with Crippen LogP contribution in [0.25, 0.3) is 0 Å². The van der Waals surface area contributed by atoms with Gasteiger partial charge in [-0.2, -0.15) is 0 Å². The summed E-state index contributed by atoms with van der Waals surface area (Å²) in [6.45, 7) is 11.9. The Bertz CT molecular complexity index is 253. The molecule has 2 rings (SSSR count). The Labute approximate surface area is 118 Å². The molecule has 2 heterocycles. The zero-order valence-corrected chi connectivity index (χ0v) is 12.5. The topological polar surface area (TPSA) is 21.8 Å². The third kappa shape index (κ3) is 6.04. The van der Waals surface area contributed by atoms with E-state index in [9.17, 15) is 0 Å². The summed E-state index contributed by atoms with van der Waals surface area (Å²) in [5, 5.41) is 3.50. The summed E-state index contributed by atoms with van der Waals surface area (Å²) in [5.41, 5.74) is 0. The fourth-order valence-corrected chi connectivity index (χ4v) is 2.77. The van der Waals surface area contributed by atoms with Crippen LogP contribution in [0.5, 0.6) is 0 Å². The van der Waals surface area contributed by atoms with Crippen LogP contribution in [0.2, 0.25) is 0 Å². The highest BCUT2D eigenvalue weighted by Gasteiger charge is 2.11. The molecule has 0 saturated carbocycles. The Kier molecular flexibility index (Phi) is 6.85. The minimum Gasteiger partial charge on any atom is -0.312 e. The van der Waals surface area contributed by atoms with Gasteiger partial charge in [0.2, 0.25) is 0 Å². The Morgan fingerprint density at radius 3 is 2.37 bits per heavy atom. The average Bonchev–Trinajstić information content (AvgIpc) is 2.93. The number of likely N-dealkylation sites (N-methyl/N-ethyl adjacent to an activating group) is 1. The molecule has 4 nitrogen and oxygen atoms in total. The van der Waals surface area contributed by atoms with Crippen molar-refractivity contribution in [2.45, 2.75) is 12.8 Å². The lowest BCUT2D eigenvalue weighted by Crippen LogP contribution is -2.44. The van der Waals surface area contributed by atoms with Gasteiger partial charge in [-0.15, -0.1) is 0 Å².